The van der Waals surface area contributed by atoms with Crippen LogP contribution in [0.1, 0.15) is 42.9 Å². The third-order valence-corrected chi connectivity index (χ3v) is 4.64. The van der Waals surface area contributed by atoms with E-state index < -0.39 is 5.95 Å². The number of carbonyl (C=O) groups is 1. The van der Waals surface area contributed by atoms with Crippen LogP contribution in [0.25, 0.3) is 0 Å². The van der Waals surface area contributed by atoms with Crippen molar-refractivity contribution in [2.24, 2.45) is 0 Å². The second kappa shape index (κ2) is 8.45. The Hall–Kier alpha value is -1.65. The maximum Gasteiger partial charge on any atom is 0.227 e. The number of aryl methyl sites for hydroxylation is 1. The van der Waals surface area contributed by atoms with Gasteiger partial charge in [-0.3, -0.25) is 4.79 Å². The maximum atomic E-state index is 13.8. The summed E-state index contributed by atoms with van der Waals surface area (Å²) in [7, 11) is 0. The van der Waals surface area contributed by atoms with E-state index >= 15 is 0 Å². The number of pyridine rings is 1. The first kappa shape index (κ1) is 18.7. The van der Waals surface area contributed by atoms with E-state index in [9.17, 15) is 9.18 Å². The molecule has 0 saturated heterocycles. The molecule has 0 aliphatic carbocycles. The molecule has 0 radical (unpaired) electrons. The molecule has 1 N–H and O–H groups in total. The summed E-state index contributed by atoms with van der Waals surface area (Å²) in [5.74, 6) is -1.11. The van der Waals surface area contributed by atoms with Crippen molar-refractivity contribution in [3.8, 4) is 0 Å². The summed E-state index contributed by atoms with van der Waals surface area (Å²) in [5.41, 5.74) is 2.09. The minimum Gasteiger partial charge on any atom is -0.351 e. The molecule has 1 amide bonds. The van der Waals surface area contributed by atoms with Gasteiger partial charge in [0.05, 0.1) is 16.0 Å². The minimum absolute atomic E-state index is 0.101. The summed E-state index contributed by atoms with van der Waals surface area (Å²) in [6.07, 6.45) is 2.86. The molecule has 0 bridgehead atoms. The lowest BCUT2D eigenvalue weighted by atomic mass is 9.95. The van der Waals surface area contributed by atoms with E-state index in [-0.39, 0.29) is 18.4 Å². The summed E-state index contributed by atoms with van der Waals surface area (Å²) >= 11 is 11.9. The topological polar surface area (TPSA) is 42.0 Å². The Balaban J connectivity index is 2.11. The Bertz CT molecular complexity index is 737. The van der Waals surface area contributed by atoms with Gasteiger partial charge in [0.2, 0.25) is 11.9 Å². The molecule has 0 aliphatic rings. The van der Waals surface area contributed by atoms with Crippen molar-refractivity contribution in [2.45, 2.75) is 39.2 Å². The number of aromatic nitrogens is 1. The van der Waals surface area contributed by atoms with E-state index in [0.29, 0.717) is 22.0 Å². The molecular formula is C18H19Cl2FN2O. The fourth-order valence-electron chi connectivity index (χ4n) is 2.47. The predicted octanol–water partition coefficient (Wildman–Crippen LogP) is 4.90. The molecule has 1 heterocycles. The number of halogens is 3. The number of benzene rings is 1. The summed E-state index contributed by atoms with van der Waals surface area (Å²) in [5, 5.41) is 3.63. The van der Waals surface area contributed by atoms with E-state index in [0.717, 1.165) is 17.5 Å². The van der Waals surface area contributed by atoms with Crippen LogP contribution in [0, 0.1) is 5.95 Å². The lowest BCUT2D eigenvalue weighted by Crippen LogP contribution is -2.29. The molecule has 6 heteroatoms. The van der Waals surface area contributed by atoms with Crippen LogP contribution >= 0.6 is 23.2 Å². The second-order valence-corrected chi connectivity index (χ2v) is 6.31. The molecule has 1 aromatic heterocycles. The van der Waals surface area contributed by atoms with Gasteiger partial charge in [0, 0.05) is 18.3 Å². The molecule has 128 valence electrons. The average Bonchev–Trinajstić information content (AvgIpc) is 2.58. The third kappa shape index (κ3) is 4.46. The van der Waals surface area contributed by atoms with Gasteiger partial charge in [0.25, 0.3) is 0 Å². The quantitative estimate of drug-likeness (QED) is 0.736. The molecule has 0 fully saturated rings. The van der Waals surface area contributed by atoms with Gasteiger partial charge in [-0.2, -0.15) is 4.39 Å². The monoisotopic (exact) mass is 368 g/mol. The van der Waals surface area contributed by atoms with E-state index in [2.05, 4.69) is 10.3 Å². The Morgan fingerprint density at radius 2 is 2.00 bits per heavy atom. The van der Waals surface area contributed by atoms with E-state index in [1.165, 1.54) is 6.20 Å². The predicted molar refractivity (Wildman–Crippen MR) is 94.9 cm³/mol. The molecule has 0 saturated carbocycles. The fourth-order valence-corrected chi connectivity index (χ4v) is 2.77. The summed E-state index contributed by atoms with van der Waals surface area (Å²) in [4.78, 5) is 16.2. The van der Waals surface area contributed by atoms with Crippen molar-refractivity contribution in [1.29, 1.82) is 0 Å². The highest BCUT2D eigenvalue weighted by molar-refractivity contribution is 6.42. The van der Waals surface area contributed by atoms with Gasteiger partial charge in [0.15, 0.2) is 0 Å². The number of hydrogen-bond donors (Lipinski definition) is 1. The van der Waals surface area contributed by atoms with Crippen molar-refractivity contribution in [1.82, 2.24) is 10.3 Å². The molecule has 2 rings (SSSR count). The lowest BCUT2D eigenvalue weighted by molar-refractivity contribution is -0.122. The number of carbonyl (C=O) groups excluding carboxylic acids is 1. The van der Waals surface area contributed by atoms with Crippen LogP contribution in [0.5, 0.6) is 0 Å². The standard InChI is InChI=1S/C18H19Cl2FN2O/c1-3-11-7-13(17(21)22-9-11)10-23-18(24)14(4-2)12-5-6-15(19)16(20)8-12/h5-9,14H,3-4,10H2,1-2H3,(H,23,24). The molecule has 0 aliphatic heterocycles. The first-order valence-electron chi connectivity index (χ1n) is 7.82. The van der Waals surface area contributed by atoms with Crippen LogP contribution in [-0.2, 0) is 17.8 Å². The zero-order valence-corrected chi connectivity index (χ0v) is 15.1. The van der Waals surface area contributed by atoms with Crippen LogP contribution in [0.2, 0.25) is 10.0 Å². The minimum atomic E-state index is -0.560. The molecular weight excluding hydrogens is 350 g/mol. The Labute approximate surface area is 151 Å². The van der Waals surface area contributed by atoms with Gasteiger partial charge >= 0.3 is 0 Å². The zero-order chi connectivity index (χ0) is 17.7. The lowest BCUT2D eigenvalue weighted by Gasteiger charge is -2.16. The van der Waals surface area contributed by atoms with Crippen molar-refractivity contribution in [3.05, 3.63) is 63.1 Å². The molecule has 24 heavy (non-hydrogen) atoms. The van der Waals surface area contributed by atoms with E-state index in [1.54, 1.807) is 24.3 Å². The largest absolute Gasteiger partial charge is 0.351 e. The number of nitrogens with one attached hydrogen (secondary N) is 1. The van der Waals surface area contributed by atoms with Crippen LogP contribution in [0.4, 0.5) is 4.39 Å². The average molecular weight is 369 g/mol. The number of hydrogen-bond acceptors (Lipinski definition) is 2. The fraction of sp³-hybridized carbons (Fsp3) is 0.333. The number of rotatable bonds is 6. The van der Waals surface area contributed by atoms with Crippen molar-refractivity contribution in [2.75, 3.05) is 0 Å². The van der Waals surface area contributed by atoms with Crippen molar-refractivity contribution >= 4 is 29.1 Å². The normalized spacial score (nSPS) is 12.0. The third-order valence-electron chi connectivity index (χ3n) is 3.90. The molecule has 3 nitrogen and oxygen atoms in total. The van der Waals surface area contributed by atoms with Gasteiger partial charge < -0.3 is 5.32 Å². The van der Waals surface area contributed by atoms with Gasteiger partial charge in [-0.1, -0.05) is 43.1 Å². The Kier molecular flexibility index (Phi) is 6.58. The van der Waals surface area contributed by atoms with Crippen LogP contribution in [0.3, 0.4) is 0 Å². The van der Waals surface area contributed by atoms with Crippen LogP contribution in [0.15, 0.2) is 30.5 Å². The smallest absolute Gasteiger partial charge is 0.227 e. The first-order valence-corrected chi connectivity index (χ1v) is 8.57. The van der Waals surface area contributed by atoms with Gasteiger partial charge in [-0.25, -0.2) is 4.98 Å². The highest BCUT2D eigenvalue weighted by atomic mass is 35.5. The number of amides is 1. The first-order chi connectivity index (χ1) is 11.5. The molecule has 0 spiro atoms. The molecule has 1 aromatic carbocycles. The highest BCUT2D eigenvalue weighted by Gasteiger charge is 2.20. The Morgan fingerprint density at radius 3 is 2.62 bits per heavy atom. The number of nitrogens with zero attached hydrogens (tertiary/aromatic N) is 1. The second-order valence-electron chi connectivity index (χ2n) is 5.50. The SMILES string of the molecule is CCc1cnc(F)c(CNC(=O)C(CC)c2ccc(Cl)c(Cl)c2)c1. The van der Waals surface area contributed by atoms with Gasteiger partial charge in [-0.15, -0.1) is 0 Å². The van der Waals surface area contributed by atoms with E-state index in [4.69, 9.17) is 23.2 Å². The molecule has 2 aromatic rings. The maximum absolute atomic E-state index is 13.8. The molecule has 1 atom stereocenters. The summed E-state index contributed by atoms with van der Waals surface area (Å²) in [6.45, 7) is 3.98. The van der Waals surface area contributed by atoms with Crippen LogP contribution < -0.4 is 5.32 Å². The zero-order valence-electron chi connectivity index (χ0n) is 13.6. The highest BCUT2D eigenvalue weighted by Crippen LogP contribution is 2.28. The molecule has 1 unspecified atom stereocenters. The van der Waals surface area contributed by atoms with Gasteiger partial charge in [0.1, 0.15) is 0 Å². The summed E-state index contributed by atoms with van der Waals surface area (Å²) < 4.78 is 13.8. The summed E-state index contributed by atoms with van der Waals surface area (Å²) in [6, 6.07) is 6.87. The van der Waals surface area contributed by atoms with Gasteiger partial charge in [-0.05, 0) is 42.2 Å². The Morgan fingerprint density at radius 1 is 1.25 bits per heavy atom. The van der Waals surface area contributed by atoms with E-state index in [1.807, 2.05) is 13.8 Å². The van der Waals surface area contributed by atoms with Crippen molar-refractivity contribution in [3.63, 3.8) is 0 Å². The van der Waals surface area contributed by atoms with Crippen molar-refractivity contribution < 1.29 is 9.18 Å². The van der Waals surface area contributed by atoms with Crippen LogP contribution in [-0.4, -0.2) is 10.9 Å².